The number of hydrogen-bond donors (Lipinski definition) is 0. The van der Waals surface area contributed by atoms with E-state index in [1.54, 1.807) is 24.3 Å². The van der Waals surface area contributed by atoms with Crippen LogP contribution in [0.25, 0.3) is 0 Å². The Morgan fingerprint density at radius 3 is 2.27 bits per heavy atom. The third kappa shape index (κ3) is 3.90. The van der Waals surface area contributed by atoms with Crippen molar-refractivity contribution in [3.05, 3.63) is 30.3 Å². The summed E-state index contributed by atoms with van der Waals surface area (Å²) >= 11 is 16.7. The topological polar surface area (TPSA) is 26.3 Å². The Hall–Kier alpha value is -0.440. The summed E-state index contributed by atoms with van der Waals surface area (Å²) in [6, 6.07) is 8.63. The zero-order valence-corrected chi connectivity index (χ0v) is 10.2. The Kier molecular flexibility index (Phi) is 4.26. The van der Waals surface area contributed by atoms with Crippen molar-refractivity contribution in [2.24, 2.45) is 5.92 Å². The van der Waals surface area contributed by atoms with Crippen molar-refractivity contribution in [2.45, 2.75) is 10.7 Å². The lowest BCUT2D eigenvalue weighted by Crippen LogP contribution is -2.28. The van der Waals surface area contributed by atoms with Crippen molar-refractivity contribution in [1.29, 1.82) is 0 Å². The fourth-order valence-electron chi connectivity index (χ4n) is 0.827. The number of para-hydroxylation sites is 1. The van der Waals surface area contributed by atoms with Crippen LogP contribution in [0, 0.1) is 5.92 Å². The van der Waals surface area contributed by atoms with Crippen LogP contribution in [0.15, 0.2) is 30.3 Å². The van der Waals surface area contributed by atoms with Crippen molar-refractivity contribution in [3.63, 3.8) is 0 Å². The molecule has 0 spiro atoms. The molecule has 0 aliphatic rings. The summed E-state index contributed by atoms with van der Waals surface area (Å²) in [6.07, 6.45) is 0. The molecule has 0 aromatic heterocycles. The minimum absolute atomic E-state index is 0.434. The van der Waals surface area contributed by atoms with Crippen LogP contribution in [0.4, 0.5) is 0 Å². The Bertz CT molecular complexity index is 332. The van der Waals surface area contributed by atoms with Crippen molar-refractivity contribution in [2.75, 3.05) is 0 Å². The quantitative estimate of drug-likeness (QED) is 0.465. The number of halogens is 3. The van der Waals surface area contributed by atoms with E-state index in [-0.39, 0.29) is 0 Å². The third-order valence-electron chi connectivity index (χ3n) is 1.81. The minimum Gasteiger partial charge on any atom is -0.426 e. The number of carbonyl (C=O) groups is 1. The molecule has 0 saturated carbocycles. The van der Waals surface area contributed by atoms with Crippen molar-refractivity contribution in [1.82, 2.24) is 0 Å². The number of ether oxygens (including phenoxy) is 1. The average Bonchev–Trinajstić information content (AvgIpc) is 2.16. The van der Waals surface area contributed by atoms with Gasteiger partial charge in [-0.3, -0.25) is 4.79 Å². The first-order valence-corrected chi connectivity index (χ1v) is 5.38. The van der Waals surface area contributed by atoms with Crippen molar-refractivity contribution < 1.29 is 9.53 Å². The van der Waals surface area contributed by atoms with Crippen LogP contribution < -0.4 is 4.74 Å². The predicted octanol–water partition coefficient (Wildman–Crippen LogP) is 3.60. The molecule has 1 unspecified atom stereocenters. The summed E-state index contributed by atoms with van der Waals surface area (Å²) in [5.41, 5.74) is 0. The van der Waals surface area contributed by atoms with E-state index in [1.165, 1.54) is 6.92 Å². The molecule has 15 heavy (non-hydrogen) atoms. The monoisotopic (exact) mass is 266 g/mol. The molecule has 1 aromatic carbocycles. The van der Waals surface area contributed by atoms with Gasteiger partial charge in [-0.2, -0.15) is 0 Å². The number of benzene rings is 1. The Morgan fingerprint density at radius 1 is 1.27 bits per heavy atom. The number of rotatable bonds is 2. The van der Waals surface area contributed by atoms with E-state index in [0.29, 0.717) is 5.75 Å². The molecular formula is C10H9Cl3O2. The predicted molar refractivity (Wildman–Crippen MR) is 61.5 cm³/mol. The van der Waals surface area contributed by atoms with Crippen molar-refractivity contribution in [3.8, 4) is 5.75 Å². The maximum absolute atomic E-state index is 11.5. The highest BCUT2D eigenvalue weighted by molar-refractivity contribution is 6.68. The van der Waals surface area contributed by atoms with Gasteiger partial charge in [0, 0.05) is 0 Å². The van der Waals surface area contributed by atoms with Gasteiger partial charge in [0.1, 0.15) is 11.7 Å². The summed E-state index contributed by atoms with van der Waals surface area (Å²) in [4.78, 5) is 11.5. The molecule has 2 nitrogen and oxygen atoms in total. The molecule has 1 aromatic rings. The van der Waals surface area contributed by atoms with E-state index in [4.69, 9.17) is 39.5 Å². The average molecular weight is 268 g/mol. The fourth-order valence-corrected chi connectivity index (χ4v) is 1.09. The van der Waals surface area contributed by atoms with Gasteiger partial charge in [0.2, 0.25) is 3.79 Å². The van der Waals surface area contributed by atoms with Crippen LogP contribution in [0.1, 0.15) is 6.92 Å². The molecule has 0 aliphatic heterocycles. The smallest absolute Gasteiger partial charge is 0.318 e. The maximum Gasteiger partial charge on any atom is 0.318 e. The molecule has 0 amide bonds. The lowest BCUT2D eigenvalue weighted by atomic mass is 10.2. The molecule has 0 saturated heterocycles. The molecule has 5 heteroatoms. The Balaban J connectivity index is 2.65. The standard InChI is InChI=1S/C10H9Cl3O2/c1-7(10(11,12)13)9(14)15-8-5-3-2-4-6-8/h2-7H,1H3. The van der Waals surface area contributed by atoms with Gasteiger partial charge in [-0.25, -0.2) is 0 Å². The number of hydrogen-bond acceptors (Lipinski definition) is 2. The van der Waals surface area contributed by atoms with Gasteiger partial charge < -0.3 is 4.74 Å². The van der Waals surface area contributed by atoms with Gasteiger partial charge in [0.05, 0.1) is 0 Å². The molecule has 82 valence electrons. The lowest BCUT2D eigenvalue weighted by molar-refractivity contribution is -0.138. The third-order valence-corrected chi connectivity index (χ3v) is 2.79. The zero-order chi connectivity index (χ0) is 11.5. The van der Waals surface area contributed by atoms with Crippen LogP contribution >= 0.6 is 34.8 Å². The highest BCUT2D eigenvalue weighted by Crippen LogP contribution is 2.35. The van der Waals surface area contributed by atoms with Gasteiger partial charge in [0.15, 0.2) is 0 Å². The molecule has 0 bridgehead atoms. The summed E-state index contributed by atoms with van der Waals surface area (Å²) in [5, 5.41) is 0. The van der Waals surface area contributed by atoms with Gasteiger partial charge in [-0.1, -0.05) is 53.0 Å². The highest BCUT2D eigenvalue weighted by Gasteiger charge is 2.35. The zero-order valence-electron chi connectivity index (χ0n) is 7.91. The van der Waals surface area contributed by atoms with E-state index in [1.807, 2.05) is 6.07 Å². The van der Waals surface area contributed by atoms with Crippen LogP contribution in [0.2, 0.25) is 0 Å². The number of alkyl halides is 3. The van der Waals surface area contributed by atoms with Crippen LogP contribution in [0.3, 0.4) is 0 Å². The Morgan fingerprint density at radius 2 is 1.80 bits per heavy atom. The van der Waals surface area contributed by atoms with E-state index in [9.17, 15) is 4.79 Å². The van der Waals surface area contributed by atoms with Crippen LogP contribution in [-0.2, 0) is 4.79 Å². The maximum atomic E-state index is 11.5. The van der Waals surface area contributed by atoms with Crippen LogP contribution in [-0.4, -0.2) is 9.76 Å². The normalized spacial score (nSPS) is 13.3. The molecular weight excluding hydrogens is 258 g/mol. The largest absolute Gasteiger partial charge is 0.426 e. The van der Waals surface area contributed by atoms with Gasteiger partial charge in [0.25, 0.3) is 0 Å². The molecule has 0 heterocycles. The first kappa shape index (κ1) is 12.6. The fraction of sp³-hybridized carbons (Fsp3) is 0.300. The van der Waals surface area contributed by atoms with E-state index < -0.39 is 15.7 Å². The molecule has 0 N–H and O–H groups in total. The number of esters is 1. The second kappa shape index (κ2) is 5.06. The Labute approximate surface area is 103 Å². The van der Waals surface area contributed by atoms with Gasteiger partial charge >= 0.3 is 5.97 Å². The van der Waals surface area contributed by atoms with E-state index >= 15 is 0 Å². The summed E-state index contributed by atoms with van der Waals surface area (Å²) in [7, 11) is 0. The summed E-state index contributed by atoms with van der Waals surface area (Å²) < 4.78 is 3.36. The molecule has 0 fully saturated rings. The molecule has 1 rings (SSSR count). The molecule has 1 atom stereocenters. The number of carbonyl (C=O) groups excluding carboxylic acids is 1. The van der Waals surface area contributed by atoms with Crippen molar-refractivity contribution >= 4 is 40.8 Å². The van der Waals surface area contributed by atoms with Gasteiger partial charge in [-0.15, -0.1) is 0 Å². The second-order valence-corrected chi connectivity index (χ2v) is 5.37. The molecule has 0 aliphatic carbocycles. The summed E-state index contributed by atoms with van der Waals surface area (Å²) in [5.74, 6) is -0.951. The SMILES string of the molecule is CC(C(=O)Oc1ccccc1)C(Cl)(Cl)Cl. The summed E-state index contributed by atoms with van der Waals surface area (Å²) in [6.45, 7) is 1.50. The molecule has 0 radical (unpaired) electrons. The first-order valence-electron chi connectivity index (χ1n) is 4.24. The van der Waals surface area contributed by atoms with Gasteiger partial charge in [-0.05, 0) is 19.1 Å². The van der Waals surface area contributed by atoms with Crippen LogP contribution in [0.5, 0.6) is 5.75 Å². The first-order chi connectivity index (χ1) is 6.91. The van der Waals surface area contributed by atoms with E-state index in [2.05, 4.69) is 0 Å². The second-order valence-electron chi connectivity index (χ2n) is 3.00. The lowest BCUT2D eigenvalue weighted by Gasteiger charge is -2.18. The highest BCUT2D eigenvalue weighted by atomic mass is 35.6. The minimum atomic E-state index is -1.65. The van der Waals surface area contributed by atoms with E-state index in [0.717, 1.165) is 0 Å².